The number of allylic oxidation sites excluding steroid dienone is 2. The smallest absolute Gasteiger partial charge is 0.159 e. The van der Waals surface area contributed by atoms with Gasteiger partial charge in [0.2, 0.25) is 0 Å². The number of phenols is 1. The summed E-state index contributed by atoms with van der Waals surface area (Å²) < 4.78 is 6.55. The fourth-order valence-corrected chi connectivity index (χ4v) is 18.8. The summed E-state index contributed by atoms with van der Waals surface area (Å²) in [5.74, 6) is 1.12. The molecule has 10 heteroatoms. The Bertz CT molecular complexity index is 2350. The molecule has 8 N–H and O–H groups in total. The van der Waals surface area contributed by atoms with Crippen molar-refractivity contribution < 1.29 is 34.8 Å². The lowest BCUT2D eigenvalue weighted by Gasteiger charge is -2.74. The summed E-state index contributed by atoms with van der Waals surface area (Å²) in [7, 11) is 1.90. The molecule has 0 radical (unpaired) electrons. The molecule has 366 valence electrons. The normalized spacial score (nSPS) is 44.5. The Labute approximate surface area is 399 Å². The van der Waals surface area contributed by atoms with Crippen molar-refractivity contribution >= 4 is 17.3 Å². The van der Waals surface area contributed by atoms with E-state index in [0.29, 0.717) is 76.2 Å². The predicted molar refractivity (Wildman–Crippen MR) is 261 cm³/mol. The molecule has 2 heterocycles. The van der Waals surface area contributed by atoms with Crippen LogP contribution >= 0.6 is 0 Å². The summed E-state index contributed by atoms with van der Waals surface area (Å²) in [4.78, 5) is 31.0. The zero-order chi connectivity index (χ0) is 47.7. The number of nitrogen functional groups attached to an aromatic ring is 1. The molecule has 5 bridgehead atoms. The molecule has 7 aliphatic carbocycles. The topological polar surface area (TPSA) is 178 Å². The van der Waals surface area contributed by atoms with Crippen LogP contribution in [-0.2, 0) is 26.3 Å². The van der Waals surface area contributed by atoms with E-state index in [9.17, 15) is 20.4 Å². The van der Waals surface area contributed by atoms with Gasteiger partial charge in [-0.1, -0.05) is 70.7 Å². The number of nitrogens with two attached hydrogens (primary N) is 1. The number of rotatable bonds is 11. The number of aromatic hydroxyl groups is 1. The van der Waals surface area contributed by atoms with Crippen LogP contribution in [0.3, 0.4) is 0 Å². The number of carbonyl (C=O) groups is 2. The van der Waals surface area contributed by atoms with E-state index in [4.69, 9.17) is 10.5 Å². The number of benzene rings is 2. The number of hydrogen-bond acceptors (Lipinski definition) is 10. The van der Waals surface area contributed by atoms with Crippen molar-refractivity contribution in [3.63, 3.8) is 0 Å². The highest BCUT2D eigenvalue weighted by Gasteiger charge is 2.79. The van der Waals surface area contributed by atoms with E-state index in [1.807, 2.05) is 32.2 Å². The molecule has 2 aromatic carbocycles. The standard InChI is InChI=1S/C57H81N3O7/c1-34(24-43(63)47-54(6,67-47)41-15-11-14-40(41)36-12-10-13-38(58)27-36)46-42-16-17-45-52(4)31-55(37-25-35(30-59-7)26-39(62)28-37)20-21-57(32-56(45,22-23-61)53(42,5)29-44(46)64)48(52)51(3,49(55)65)19-9-8-18-50(2,66)33-60-57/h10,12-13,25-28,34,40-41,43,45,47-48,59-63,66H,8-9,11,14-24,29-33,58H2,1-7H3/t34-,40+,41-,43-,45-,47-,48+,50+,51-,52+,53+,54-,55+,56+,57+/m1/s1. The number of aliphatic hydroxyl groups excluding tert-OH is 2. The van der Waals surface area contributed by atoms with Gasteiger partial charge in [0.1, 0.15) is 17.6 Å². The lowest BCUT2D eigenvalue weighted by molar-refractivity contribution is -0.227. The highest BCUT2D eigenvalue weighted by atomic mass is 16.6. The molecule has 2 saturated heterocycles. The van der Waals surface area contributed by atoms with Crippen LogP contribution in [0.25, 0.3) is 0 Å². The predicted octanol–water partition coefficient (Wildman–Crippen LogP) is 8.57. The molecule has 11 rings (SSSR count). The molecular formula is C57H81N3O7. The van der Waals surface area contributed by atoms with Crippen LogP contribution in [0.1, 0.15) is 167 Å². The van der Waals surface area contributed by atoms with Gasteiger partial charge in [-0.2, -0.15) is 0 Å². The number of hydrogen-bond donors (Lipinski definition) is 7. The van der Waals surface area contributed by atoms with E-state index >= 15 is 9.59 Å². The Morgan fingerprint density at radius 1 is 0.955 bits per heavy atom. The molecule has 9 aliphatic rings. The van der Waals surface area contributed by atoms with Crippen molar-refractivity contribution in [3.05, 3.63) is 70.3 Å². The van der Waals surface area contributed by atoms with Gasteiger partial charge in [-0.05, 0) is 185 Å². The van der Waals surface area contributed by atoms with Crippen LogP contribution in [-0.4, -0.2) is 81.1 Å². The van der Waals surface area contributed by atoms with Gasteiger partial charge in [0.05, 0.1) is 22.7 Å². The van der Waals surface area contributed by atoms with Crippen LogP contribution in [0.5, 0.6) is 5.75 Å². The minimum absolute atomic E-state index is 0.0116. The Morgan fingerprint density at radius 2 is 1.73 bits per heavy atom. The van der Waals surface area contributed by atoms with Crippen LogP contribution in [0, 0.1) is 45.3 Å². The first-order valence-electron chi connectivity index (χ1n) is 26.3. The number of ketones is 2. The first-order chi connectivity index (χ1) is 31.7. The van der Waals surface area contributed by atoms with Crippen LogP contribution in [0.15, 0.2) is 53.6 Å². The number of carbonyl (C=O) groups excluding carboxylic acids is 2. The maximum Gasteiger partial charge on any atom is 0.159 e. The molecule has 10 nitrogen and oxygen atoms in total. The second kappa shape index (κ2) is 16.2. The van der Waals surface area contributed by atoms with Crippen molar-refractivity contribution in [2.45, 2.75) is 191 Å². The van der Waals surface area contributed by atoms with E-state index in [1.54, 1.807) is 6.07 Å². The Hall–Kier alpha value is -3.12. The van der Waals surface area contributed by atoms with Gasteiger partial charge in [-0.3, -0.25) is 9.59 Å². The molecule has 0 unspecified atom stereocenters. The quantitative estimate of drug-likeness (QED) is 0.0854. The van der Waals surface area contributed by atoms with E-state index < -0.39 is 49.9 Å². The van der Waals surface area contributed by atoms with Gasteiger partial charge in [0.25, 0.3) is 0 Å². The van der Waals surface area contributed by atoms with E-state index in [2.05, 4.69) is 63.5 Å². The number of nitrogens with one attached hydrogen (secondary N) is 2. The van der Waals surface area contributed by atoms with Crippen LogP contribution in [0.2, 0.25) is 0 Å². The first kappa shape index (κ1) is 47.6. The minimum Gasteiger partial charge on any atom is -0.508 e. The second-order valence-corrected chi connectivity index (χ2v) is 25.0. The summed E-state index contributed by atoms with van der Waals surface area (Å²) in [6.07, 6.45) is 10.9. The average molecular weight is 920 g/mol. The molecule has 0 spiro atoms. The largest absolute Gasteiger partial charge is 0.508 e. The number of phenolic OH excluding ortho intramolecular Hbond substituents is 1. The van der Waals surface area contributed by atoms with Gasteiger partial charge >= 0.3 is 0 Å². The lowest BCUT2D eigenvalue weighted by atomic mass is 9.30. The third-order valence-electron chi connectivity index (χ3n) is 21.0. The highest BCUT2D eigenvalue weighted by Crippen LogP contribution is 2.80. The molecule has 8 fully saturated rings. The number of β-amino-alcohol motifs (C(OH)–C–C–N with tert-alkyl or cyclic N) is 1. The highest BCUT2D eigenvalue weighted by molar-refractivity contribution is 6.01. The molecule has 6 saturated carbocycles. The number of anilines is 1. The maximum absolute atomic E-state index is 16.0. The van der Waals surface area contributed by atoms with Crippen molar-refractivity contribution in [2.24, 2.45) is 45.3 Å². The van der Waals surface area contributed by atoms with Gasteiger partial charge in [0.15, 0.2) is 5.78 Å². The SMILES string of the molecule is CNCc1cc(O)cc([C@]23CC[C@]45C[C@@]6(CCO)[C@H](CCC7=C([C@H](C)C[C@@H](O)[C@H]8O[C@]8(C)[C@@H]8CCC[C@H]8c8cccc(N)c8)C(=O)C[C@@]76C)[C@](C)(C2)[C@@H]4[C@@](C)(CCCC[C@](C)(O)CN5)C3=O)c1. The number of epoxide rings is 1. The first-order valence-corrected chi connectivity index (χ1v) is 26.3. The van der Waals surface area contributed by atoms with E-state index in [0.717, 1.165) is 73.8 Å². The molecule has 0 aromatic heterocycles. The molecule has 15 atom stereocenters. The van der Waals surface area contributed by atoms with Gasteiger partial charge in [-0.15, -0.1) is 0 Å². The van der Waals surface area contributed by atoms with Crippen molar-refractivity contribution in [1.82, 2.24) is 10.6 Å². The molecule has 2 aliphatic heterocycles. The van der Waals surface area contributed by atoms with Crippen molar-refractivity contribution in [1.29, 1.82) is 0 Å². The monoisotopic (exact) mass is 920 g/mol. The van der Waals surface area contributed by atoms with Crippen molar-refractivity contribution in [3.8, 4) is 5.75 Å². The maximum atomic E-state index is 16.0. The Balaban J connectivity index is 1.04. The van der Waals surface area contributed by atoms with Crippen molar-refractivity contribution in [2.75, 3.05) is 25.9 Å². The number of Topliss-reactive ketones (excluding diaryl/α,β-unsaturated/α-hetero) is 2. The fraction of sp³-hybridized carbons (Fsp3) is 0.719. The summed E-state index contributed by atoms with van der Waals surface area (Å²) in [5, 5.41) is 54.3. The van der Waals surface area contributed by atoms with Crippen LogP contribution in [0.4, 0.5) is 5.69 Å². The van der Waals surface area contributed by atoms with E-state index in [1.165, 1.54) is 11.1 Å². The summed E-state index contributed by atoms with van der Waals surface area (Å²) in [6.45, 7) is 14.3. The Kier molecular flexibility index (Phi) is 11.5. The van der Waals surface area contributed by atoms with E-state index in [-0.39, 0.29) is 47.9 Å². The summed E-state index contributed by atoms with van der Waals surface area (Å²) in [6, 6.07) is 14.1. The average Bonchev–Trinajstić information content (AvgIpc) is 3.61. The zero-order valence-corrected chi connectivity index (χ0v) is 41.6. The molecule has 0 amide bonds. The fourth-order valence-electron chi connectivity index (χ4n) is 18.8. The molecular weight excluding hydrogens is 839 g/mol. The van der Waals surface area contributed by atoms with Gasteiger partial charge < -0.3 is 41.5 Å². The summed E-state index contributed by atoms with van der Waals surface area (Å²) in [5.41, 5.74) is 7.24. The molecule has 2 aromatic rings. The third kappa shape index (κ3) is 6.97. The number of aliphatic hydroxyl groups is 3. The minimum atomic E-state index is -0.941. The number of ether oxygens (including phenoxy) is 1. The third-order valence-corrected chi connectivity index (χ3v) is 21.0. The second-order valence-electron chi connectivity index (χ2n) is 25.0. The van der Waals surface area contributed by atoms with Gasteiger partial charge in [0, 0.05) is 48.2 Å². The summed E-state index contributed by atoms with van der Waals surface area (Å²) >= 11 is 0. The van der Waals surface area contributed by atoms with Crippen LogP contribution < -0.4 is 16.4 Å². The lowest BCUT2D eigenvalue weighted by Crippen LogP contribution is -2.76. The Morgan fingerprint density at radius 3 is 2.48 bits per heavy atom. The van der Waals surface area contributed by atoms with Gasteiger partial charge in [-0.25, -0.2) is 0 Å². The molecule has 67 heavy (non-hydrogen) atoms. The zero-order valence-electron chi connectivity index (χ0n) is 41.6. The number of fused-ring (bicyclic) bond motifs is 4.